The minimum absolute atomic E-state index is 0.180. The SMILES string of the molecule is C#CCCC(F)C(F)(F)F. The lowest BCUT2D eigenvalue weighted by Gasteiger charge is -2.09. The number of alkyl halides is 4. The number of terminal acetylenes is 1. The molecular formula is C6H6F4. The smallest absolute Gasteiger partial charge is 0.237 e. The summed E-state index contributed by atoms with van der Waals surface area (Å²) in [6.07, 6.45) is -3.71. The van der Waals surface area contributed by atoms with E-state index in [1.165, 1.54) is 0 Å². The second-order valence-electron chi connectivity index (χ2n) is 1.75. The van der Waals surface area contributed by atoms with Gasteiger partial charge in [-0.2, -0.15) is 13.2 Å². The van der Waals surface area contributed by atoms with Crippen LogP contribution in [0.25, 0.3) is 0 Å². The molecule has 4 heteroatoms. The first kappa shape index (κ1) is 9.28. The largest absolute Gasteiger partial charge is 0.419 e. The van der Waals surface area contributed by atoms with Crippen molar-refractivity contribution < 1.29 is 17.6 Å². The van der Waals surface area contributed by atoms with E-state index >= 15 is 0 Å². The fraction of sp³-hybridized carbons (Fsp3) is 0.667. The van der Waals surface area contributed by atoms with Crippen molar-refractivity contribution in [3.05, 3.63) is 0 Å². The van der Waals surface area contributed by atoms with Crippen LogP contribution in [0, 0.1) is 12.3 Å². The third kappa shape index (κ3) is 3.33. The van der Waals surface area contributed by atoms with Crippen molar-refractivity contribution in [3.63, 3.8) is 0 Å². The number of halogens is 4. The average molecular weight is 154 g/mol. The van der Waals surface area contributed by atoms with E-state index in [0.29, 0.717) is 0 Å². The Bertz CT molecular complexity index is 130. The minimum atomic E-state index is -4.75. The second kappa shape index (κ2) is 3.45. The van der Waals surface area contributed by atoms with E-state index in [2.05, 4.69) is 6.42 Å². The molecule has 0 bridgehead atoms. The quantitative estimate of drug-likeness (QED) is 0.423. The summed E-state index contributed by atoms with van der Waals surface area (Å²) in [7, 11) is 0. The lowest BCUT2D eigenvalue weighted by Crippen LogP contribution is -2.23. The Morgan fingerprint density at radius 3 is 2.20 bits per heavy atom. The summed E-state index contributed by atoms with van der Waals surface area (Å²) in [5.41, 5.74) is 0. The Kier molecular flexibility index (Phi) is 3.20. The highest BCUT2D eigenvalue weighted by Gasteiger charge is 2.39. The molecule has 0 N–H and O–H groups in total. The van der Waals surface area contributed by atoms with E-state index in [4.69, 9.17) is 0 Å². The minimum Gasteiger partial charge on any atom is -0.237 e. The van der Waals surface area contributed by atoms with Crippen molar-refractivity contribution in [1.29, 1.82) is 0 Å². The van der Waals surface area contributed by atoms with Crippen LogP contribution in [0.1, 0.15) is 12.8 Å². The van der Waals surface area contributed by atoms with Crippen molar-refractivity contribution in [3.8, 4) is 12.3 Å². The molecule has 1 unspecified atom stereocenters. The molecule has 0 aliphatic carbocycles. The average Bonchev–Trinajstić information content (AvgIpc) is 1.80. The van der Waals surface area contributed by atoms with Gasteiger partial charge in [-0.25, -0.2) is 4.39 Å². The van der Waals surface area contributed by atoms with Crippen molar-refractivity contribution in [2.75, 3.05) is 0 Å². The van der Waals surface area contributed by atoms with Gasteiger partial charge in [-0.15, -0.1) is 12.3 Å². The third-order valence-corrected chi connectivity index (χ3v) is 0.897. The molecule has 10 heavy (non-hydrogen) atoms. The molecule has 0 aliphatic rings. The molecule has 0 amide bonds. The second-order valence-corrected chi connectivity index (χ2v) is 1.75. The third-order valence-electron chi connectivity index (χ3n) is 0.897. The first-order valence-electron chi connectivity index (χ1n) is 2.62. The molecule has 0 aromatic carbocycles. The maximum absolute atomic E-state index is 11.9. The number of hydrogen-bond donors (Lipinski definition) is 0. The number of hydrogen-bond acceptors (Lipinski definition) is 0. The Hall–Kier alpha value is -0.720. The molecule has 0 aromatic heterocycles. The molecule has 0 saturated carbocycles. The highest BCUT2D eigenvalue weighted by atomic mass is 19.4. The molecule has 0 spiro atoms. The topological polar surface area (TPSA) is 0 Å². The lowest BCUT2D eigenvalue weighted by atomic mass is 10.2. The van der Waals surface area contributed by atoms with Gasteiger partial charge in [-0.3, -0.25) is 0 Å². The molecule has 0 saturated heterocycles. The normalized spacial score (nSPS) is 14.3. The van der Waals surface area contributed by atoms with Crippen LogP contribution in [0.4, 0.5) is 17.6 Å². The zero-order valence-corrected chi connectivity index (χ0v) is 5.08. The van der Waals surface area contributed by atoms with Gasteiger partial charge in [0.2, 0.25) is 0 Å². The van der Waals surface area contributed by atoms with Gasteiger partial charge in [0.05, 0.1) is 0 Å². The van der Waals surface area contributed by atoms with Gasteiger partial charge in [0.1, 0.15) is 0 Å². The fourth-order valence-electron chi connectivity index (χ4n) is 0.374. The van der Waals surface area contributed by atoms with E-state index < -0.39 is 18.8 Å². The standard InChI is InChI=1S/C6H6F4/c1-2-3-4-5(7)6(8,9)10/h1,5H,3-4H2. The van der Waals surface area contributed by atoms with Crippen LogP contribution in [0.3, 0.4) is 0 Å². The van der Waals surface area contributed by atoms with Gasteiger partial charge >= 0.3 is 6.18 Å². The monoisotopic (exact) mass is 154 g/mol. The van der Waals surface area contributed by atoms with E-state index in [1.54, 1.807) is 0 Å². The lowest BCUT2D eigenvalue weighted by molar-refractivity contribution is -0.181. The summed E-state index contributed by atoms with van der Waals surface area (Å²) in [4.78, 5) is 0. The Labute approximate surface area is 56.2 Å². The maximum atomic E-state index is 11.9. The molecule has 0 radical (unpaired) electrons. The molecule has 0 aliphatic heterocycles. The summed E-state index contributed by atoms with van der Waals surface area (Å²) in [5.74, 6) is 1.93. The van der Waals surface area contributed by atoms with Crippen LogP contribution in [-0.4, -0.2) is 12.3 Å². The van der Waals surface area contributed by atoms with E-state index in [9.17, 15) is 17.6 Å². The van der Waals surface area contributed by atoms with Gasteiger partial charge in [0.25, 0.3) is 0 Å². The predicted octanol–water partition coefficient (Wildman–Crippen LogP) is 2.30. The van der Waals surface area contributed by atoms with Gasteiger partial charge in [0, 0.05) is 6.42 Å². The molecular weight excluding hydrogens is 148 g/mol. The summed E-state index contributed by atoms with van der Waals surface area (Å²) < 4.78 is 45.9. The number of rotatable bonds is 2. The van der Waals surface area contributed by atoms with Gasteiger partial charge in [-0.05, 0) is 6.42 Å². The van der Waals surface area contributed by atoms with E-state index in [1.807, 2.05) is 5.92 Å². The van der Waals surface area contributed by atoms with Crippen molar-refractivity contribution in [2.24, 2.45) is 0 Å². The summed E-state index contributed by atoms with van der Waals surface area (Å²) in [5, 5.41) is 0. The van der Waals surface area contributed by atoms with Crippen LogP contribution >= 0.6 is 0 Å². The van der Waals surface area contributed by atoms with Crippen LogP contribution < -0.4 is 0 Å². The summed E-state index contributed by atoms with van der Waals surface area (Å²) in [6, 6.07) is 0. The highest BCUT2D eigenvalue weighted by molar-refractivity contribution is 4.85. The first-order valence-corrected chi connectivity index (χ1v) is 2.62. The predicted molar refractivity (Wildman–Crippen MR) is 29.0 cm³/mol. The van der Waals surface area contributed by atoms with Gasteiger partial charge < -0.3 is 0 Å². The first-order chi connectivity index (χ1) is 4.48. The molecule has 0 heterocycles. The van der Waals surface area contributed by atoms with Crippen LogP contribution in [0.5, 0.6) is 0 Å². The summed E-state index contributed by atoms with van der Waals surface area (Å²) in [6.45, 7) is 0. The van der Waals surface area contributed by atoms with E-state index in [-0.39, 0.29) is 6.42 Å². The van der Waals surface area contributed by atoms with E-state index in [0.717, 1.165) is 0 Å². The molecule has 0 fully saturated rings. The van der Waals surface area contributed by atoms with Crippen molar-refractivity contribution in [2.45, 2.75) is 25.2 Å². The zero-order chi connectivity index (χ0) is 8.20. The highest BCUT2D eigenvalue weighted by Crippen LogP contribution is 2.25. The molecule has 58 valence electrons. The van der Waals surface area contributed by atoms with Crippen LogP contribution in [-0.2, 0) is 0 Å². The fourth-order valence-corrected chi connectivity index (χ4v) is 0.374. The van der Waals surface area contributed by atoms with Crippen LogP contribution in [0.2, 0.25) is 0 Å². The maximum Gasteiger partial charge on any atom is 0.419 e. The molecule has 1 atom stereocenters. The summed E-state index contributed by atoms with van der Waals surface area (Å²) >= 11 is 0. The molecule has 0 aromatic rings. The van der Waals surface area contributed by atoms with Crippen LogP contribution in [0.15, 0.2) is 0 Å². The van der Waals surface area contributed by atoms with Gasteiger partial charge in [0.15, 0.2) is 6.17 Å². The molecule has 0 rings (SSSR count). The Morgan fingerprint density at radius 1 is 1.40 bits per heavy atom. The Morgan fingerprint density at radius 2 is 1.90 bits per heavy atom. The zero-order valence-electron chi connectivity index (χ0n) is 5.08. The molecule has 0 nitrogen and oxygen atoms in total. The van der Waals surface area contributed by atoms with Crippen molar-refractivity contribution in [1.82, 2.24) is 0 Å². The van der Waals surface area contributed by atoms with Crippen molar-refractivity contribution >= 4 is 0 Å². The Balaban J connectivity index is 3.65. The van der Waals surface area contributed by atoms with Gasteiger partial charge in [-0.1, -0.05) is 0 Å².